The molecule has 180 valence electrons. The van der Waals surface area contributed by atoms with E-state index in [1.165, 1.54) is 14.2 Å². The summed E-state index contributed by atoms with van der Waals surface area (Å²) in [6.07, 6.45) is 3.70. The highest BCUT2D eigenvalue weighted by Crippen LogP contribution is 2.45. The highest BCUT2D eigenvalue weighted by atomic mass is 16.5. The highest BCUT2D eigenvalue weighted by molar-refractivity contribution is 6.46. The zero-order valence-corrected chi connectivity index (χ0v) is 20.0. The minimum absolute atomic E-state index is 0.0236. The SMILES string of the molecule is COc1ccc(OC)c(/C(O)=C2\C(=O)C(=O)N(C3CCCC3)C2c2ccc(OC(C)C)cc2)c1. The van der Waals surface area contributed by atoms with Gasteiger partial charge in [-0.3, -0.25) is 9.59 Å². The maximum absolute atomic E-state index is 13.3. The topological polar surface area (TPSA) is 85.3 Å². The molecule has 1 saturated carbocycles. The molecule has 1 N–H and O–H groups in total. The van der Waals surface area contributed by atoms with Gasteiger partial charge in [0.25, 0.3) is 11.7 Å². The number of ketones is 1. The number of benzene rings is 2. The third kappa shape index (κ3) is 4.34. The van der Waals surface area contributed by atoms with Crippen molar-refractivity contribution in [1.82, 2.24) is 4.90 Å². The number of methoxy groups -OCH3 is 2. The van der Waals surface area contributed by atoms with Crippen LogP contribution in [0.4, 0.5) is 0 Å². The molecule has 2 aliphatic rings. The summed E-state index contributed by atoms with van der Waals surface area (Å²) in [7, 11) is 3.01. The quantitative estimate of drug-likeness (QED) is 0.357. The molecule has 0 spiro atoms. The summed E-state index contributed by atoms with van der Waals surface area (Å²) in [6.45, 7) is 3.90. The van der Waals surface area contributed by atoms with Gasteiger partial charge in [0.15, 0.2) is 0 Å². The normalized spacial score (nSPS) is 20.3. The predicted molar refractivity (Wildman–Crippen MR) is 128 cm³/mol. The first-order chi connectivity index (χ1) is 16.3. The van der Waals surface area contributed by atoms with Crippen LogP contribution in [0.1, 0.15) is 56.7 Å². The van der Waals surface area contributed by atoms with Crippen LogP contribution in [0.25, 0.3) is 5.76 Å². The van der Waals surface area contributed by atoms with Crippen LogP contribution in [0.5, 0.6) is 17.2 Å². The van der Waals surface area contributed by atoms with Gasteiger partial charge in [-0.2, -0.15) is 0 Å². The van der Waals surface area contributed by atoms with Gasteiger partial charge in [-0.05, 0) is 62.6 Å². The predicted octanol–water partition coefficient (Wildman–Crippen LogP) is 4.86. The van der Waals surface area contributed by atoms with E-state index in [2.05, 4.69) is 0 Å². The Bertz CT molecular complexity index is 1100. The van der Waals surface area contributed by atoms with Gasteiger partial charge in [0.2, 0.25) is 0 Å². The van der Waals surface area contributed by atoms with Crippen LogP contribution in [-0.2, 0) is 9.59 Å². The van der Waals surface area contributed by atoms with Gasteiger partial charge in [0.1, 0.15) is 23.0 Å². The van der Waals surface area contributed by atoms with E-state index in [1.807, 2.05) is 38.1 Å². The molecule has 34 heavy (non-hydrogen) atoms. The van der Waals surface area contributed by atoms with Crippen LogP contribution < -0.4 is 14.2 Å². The fourth-order valence-electron chi connectivity index (χ4n) is 4.88. The number of carbonyl (C=O) groups is 2. The molecule has 1 aliphatic heterocycles. The number of rotatable bonds is 7. The summed E-state index contributed by atoms with van der Waals surface area (Å²) in [5.41, 5.74) is 1.10. The smallest absolute Gasteiger partial charge is 0.295 e. The number of amides is 1. The lowest BCUT2D eigenvalue weighted by atomic mass is 9.94. The molecule has 0 aromatic heterocycles. The number of hydrogen-bond acceptors (Lipinski definition) is 6. The summed E-state index contributed by atoms with van der Waals surface area (Å²) < 4.78 is 16.5. The number of aliphatic hydroxyl groups excluding tert-OH is 1. The second-order valence-electron chi connectivity index (χ2n) is 8.95. The molecule has 4 rings (SSSR count). The van der Waals surface area contributed by atoms with Crippen molar-refractivity contribution in [3.63, 3.8) is 0 Å². The maximum Gasteiger partial charge on any atom is 0.295 e. The molecule has 2 aromatic carbocycles. The minimum atomic E-state index is -0.702. The van der Waals surface area contributed by atoms with Crippen molar-refractivity contribution in [1.29, 1.82) is 0 Å². The van der Waals surface area contributed by atoms with Gasteiger partial charge < -0.3 is 24.2 Å². The summed E-state index contributed by atoms with van der Waals surface area (Å²) in [6, 6.07) is 11.6. The Hall–Kier alpha value is -3.48. The minimum Gasteiger partial charge on any atom is -0.507 e. The van der Waals surface area contributed by atoms with Crippen LogP contribution in [0.2, 0.25) is 0 Å². The van der Waals surface area contributed by atoms with Crippen LogP contribution in [-0.4, -0.2) is 48.1 Å². The number of nitrogens with zero attached hydrogens (tertiary/aromatic N) is 1. The Morgan fingerprint density at radius 3 is 2.21 bits per heavy atom. The van der Waals surface area contributed by atoms with Crippen molar-refractivity contribution in [3.05, 3.63) is 59.2 Å². The Morgan fingerprint density at radius 1 is 0.971 bits per heavy atom. The molecule has 7 nitrogen and oxygen atoms in total. The van der Waals surface area contributed by atoms with Crippen molar-refractivity contribution < 1.29 is 28.9 Å². The van der Waals surface area contributed by atoms with Gasteiger partial charge in [-0.15, -0.1) is 0 Å². The molecule has 1 heterocycles. The largest absolute Gasteiger partial charge is 0.507 e. The van der Waals surface area contributed by atoms with E-state index in [9.17, 15) is 14.7 Å². The first kappa shape index (κ1) is 23.7. The zero-order valence-electron chi connectivity index (χ0n) is 20.0. The van der Waals surface area contributed by atoms with E-state index < -0.39 is 17.7 Å². The molecule has 1 saturated heterocycles. The fraction of sp³-hybridized carbons (Fsp3) is 0.407. The Balaban J connectivity index is 1.87. The van der Waals surface area contributed by atoms with Crippen molar-refractivity contribution in [3.8, 4) is 17.2 Å². The van der Waals surface area contributed by atoms with Crippen LogP contribution in [0, 0.1) is 0 Å². The second-order valence-corrected chi connectivity index (χ2v) is 8.95. The van der Waals surface area contributed by atoms with E-state index in [0.717, 1.165) is 31.2 Å². The average Bonchev–Trinajstić information content (AvgIpc) is 3.45. The molecule has 1 atom stereocenters. The first-order valence-corrected chi connectivity index (χ1v) is 11.6. The number of carbonyl (C=O) groups excluding carboxylic acids is 2. The lowest BCUT2D eigenvalue weighted by Gasteiger charge is -2.31. The van der Waals surface area contributed by atoms with Crippen LogP contribution >= 0.6 is 0 Å². The molecule has 1 unspecified atom stereocenters. The first-order valence-electron chi connectivity index (χ1n) is 11.6. The molecular formula is C27H31NO6. The molecule has 0 radical (unpaired) electrons. The summed E-state index contributed by atoms with van der Waals surface area (Å²) in [5, 5.41) is 11.4. The molecule has 2 aromatic rings. The van der Waals surface area contributed by atoms with Gasteiger partial charge in [0.05, 0.1) is 37.5 Å². The van der Waals surface area contributed by atoms with Crippen molar-refractivity contribution >= 4 is 17.4 Å². The van der Waals surface area contributed by atoms with Gasteiger partial charge in [-0.25, -0.2) is 0 Å². The molecule has 1 aliphatic carbocycles. The summed E-state index contributed by atoms with van der Waals surface area (Å²) >= 11 is 0. The molecule has 0 bridgehead atoms. The number of ether oxygens (including phenoxy) is 3. The van der Waals surface area contributed by atoms with Crippen molar-refractivity contribution in [2.75, 3.05) is 14.2 Å². The molecule has 7 heteroatoms. The lowest BCUT2D eigenvalue weighted by Crippen LogP contribution is -2.37. The van der Waals surface area contributed by atoms with E-state index in [1.54, 1.807) is 23.1 Å². The van der Waals surface area contributed by atoms with Gasteiger partial charge in [-0.1, -0.05) is 25.0 Å². The van der Waals surface area contributed by atoms with Crippen molar-refractivity contribution in [2.45, 2.75) is 57.7 Å². The molecule has 1 amide bonds. The maximum atomic E-state index is 13.3. The summed E-state index contributed by atoms with van der Waals surface area (Å²) in [4.78, 5) is 28.3. The Kier molecular flexibility index (Phi) is 6.82. The second kappa shape index (κ2) is 9.79. The fourth-order valence-corrected chi connectivity index (χ4v) is 4.88. The average molecular weight is 466 g/mol. The Morgan fingerprint density at radius 2 is 1.62 bits per heavy atom. The number of likely N-dealkylation sites (tertiary alicyclic amines) is 1. The highest BCUT2D eigenvalue weighted by Gasteiger charge is 2.49. The molecule has 2 fully saturated rings. The van der Waals surface area contributed by atoms with Crippen molar-refractivity contribution in [2.24, 2.45) is 0 Å². The number of Topliss-reactive ketones (excluding diaryl/α,β-unsaturated/α-hetero) is 1. The molecular weight excluding hydrogens is 434 g/mol. The lowest BCUT2D eigenvalue weighted by molar-refractivity contribution is -0.141. The number of hydrogen-bond donors (Lipinski definition) is 1. The standard InChI is InChI=1S/C27H31NO6/c1-16(2)34-19-11-9-17(10-12-19)24-23(26(30)27(31)28(24)18-7-5-6-8-18)25(29)21-15-20(32-3)13-14-22(21)33-4/h9-16,18,24,29H,5-8H2,1-4H3/b25-23+. The monoisotopic (exact) mass is 465 g/mol. The number of aliphatic hydroxyl groups is 1. The third-order valence-electron chi connectivity index (χ3n) is 6.43. The zero-order chi connectivity index (χ0) is 24.4. The van der Waals surface area contributed by atoms with Crippen LogP contribution in [0.3, 0.4) is 0 Å². The summed E-state index contributed by atoms with van der Waals surface area (Å²) in [5.74, 6) is 0.0293. The third-order valence-corrected chi connectivity index (χ3v) is 6.43. The Labute approximate surface area is 199 Å². The van der Waals surface area contributed by atoms with Gasteiger partial charge >= 0.3 is 0 Å². The van der Waals surface area contributed by atoms with Crippen LogP contribution in [0.15, 0.2) is 48.0 Å². The van der Waals surface area contributed by atoms with E-state index in [0.29, 0.717) is 22.8 Å². The van der Waals surface area contributed by atoms with E-state index >= 15 is 0 Å². The van der Waals surface area contributed by atoms with E-state index in [4.69, 9.17) is 14.2 Å². The van der Waals surface area contributed by atoms with E-state index in [-0.39, 0.29) is 23.5 Å². The van der Waals surface area contributed by atoms with Gasteiger partial charge in [0, 0.05) is 6.04 Å².